The summed E-state index contributed by atoms with van der Waals surface area (Å²) in [5, 5.41) is 0. The Hall–Kier alpha value is -2.92. The maximum Gasteiger partial charge on any atom is 0.221 e. The van der Waals surface area contributed by atoms with Gasteiger partial charge in [-0.3, -0.25) is 4.99 Å². The van der Waals surface area contributed by atoms with Crippen molar-refractivity contribution in [3.8, 4) is 5.75 Å². The number of hydrogen-bond acceptors (Lipinski definition) is 5. The summed E-state index contributed by atoms with van der Waals surface area (Å²) in [6.45, 7) is 3.05. The normalized spacial score (nSPS) is 16.5. The zero-order chi connectivity index (χ0) is 22.1. The van der Waals surface area contributed by atoms with Gasteiger partial charge in [0.05, 0.1) is 5.69 Å². The fraction of sp³-hybridized carbons (Fsp3) is 0.269. The molecule has 1 heterocycles. The maximum absolute atomic E-state index is 6.05. The van der Waals surface area contributed by atoms with Crippen LogP contribution in [0.3, 0.4) is 0 Å². The van der Waals surface area contributed by atoms with Crippen LogP contribution in [-0.4, -0.2) is 45.2 Å². The highest BCUT2D eigenvalue weighted by molar-refractivity contribution is 7.99. The van der Waals surface area contributed by atoms with E-state index in [9.17, 15) is 0 Å². The van der Waals surface area contributed by atoms with Gasteiger partial charge in [-0.25, -0.2) is 0 Å². The monoisotopic (exact) mass is 433 g/mol. The van der Waals surface area contributed by atoms with Gasteiger partial charge < -0.3 is 14.5 Å². The molecule has 0 aliphatic carbocycles. The topological polar surface area (TPSA) is 28.1 Å². The van der Waals surface area contributed by atoms with Crippen molar-refractivity contribution in [3.05, 3.63) is 84.0 Å². The molecule has 1 atom stereocenters. The first kappa shape index (κ1) is 22.8. The average molecular weight is 434 g/mol. The standard InChI is InChI=1S/C26H31N3OS/c1-21(9-7-8-18-27-2)12-13-22-14-16-23(17-15-22)28(3)19-20-31-26-29(4)24-10-5-6-11-25(24)30-26/h5-18,26H,19-20H2,1-4H3/b8-7-,13-12+,21-9+,27-18?. The lowest BCUT2D eigenvalue weighted by Gasteiger charge is -2.23. The summed E-state index contributed by atoms with van der Waals surface area (Å²) in [5.74, 6) is 1.96. The summed E-state index contributed by atoms with van der Waals surface area (Å²) in [6.07, 6.45) is 12.0. The maximum atomic E-state index is 6.05. The van der Waals surface area contributed by atoms with Crippen LogP contribution in [0.1, 0.15) is 12.5 Å². The Bertz CT molecular complexity index is 963. The number of thioether (sulfide) groups is 1. The molecule has 0 saturated heterocycles. The molecule has 1 aliphatic rings. The summed E-state index contributed by atoms with van der Waals surface area (Å²) < 4.78 is 6.05. The molecule has 0 bridgehead atoms. The first-order valence-corrected chi connectivity index (χ1v) is 11.5. The average Bonchev–Trinajstić information content (AvgIpc) is 3.11. The van der Waals surface area contributed by atoms with Gasteiger partial charge in [-0.05, 0) is 42.8 Å². The number of hydrogen-bond donors (Lipinski definition) is 0. The zero-order valence-electron chi connectivity index (χ0n) is 18.7. The van der Waals surface area contributed by atoms with E-state index in [1.807, 2.05) is 36.0 Å². The smallest absolute Gasteiger partial charge is 0.221 e. The van der Waals surface area contributed by atoms with Gasteiger partial charge in [-0.15, -0.1) is 0 Å². The highest BCUT2D eigenvalue weighted by atomic mass is 32.2. The van der Waals surface area contributed by atoms with Gasteiger partial charge in [0, 0.05) is 45.3 Å². The fourth-order valence-electron chi connectivity index (χ4n) is 3.18. The Labute approximate surface area is 190 Å². The minimum Gasteiger partial charge on any atom is -0.459 e. The van der Waals surface area contributed by atoms with Crippen molar-refractivity contribution in [2.24, 2.45) is 4.99 Å². The molecule has 3 rings (SSSR count). The van der Waals surface area contributed by atoms with Crippen molar-refractivity contribution >= 4 is 35.4 Å². The van der Waals surface area contributed by atoms with Crippen LogP contribution < -0.4 is 14.5 Å². The SMILES string of the molecule is CN=C\C=C/C=C(C)/C=C/c1ccc(N(C)CCSC2Oc3ccccc3N2C)cc1. The van der Waals surface area contributed by atoms with Gasteiger partial charge in [-0.2, -0.15) is 0 Å². The summed E-state index contributed by atoms with van der Waals surface area (Å²) in [4.78, 5) is 8.41. The lowest BCUT2D eigenvalue weighted by atomic mass is 10.1. The van der Waals surface area contributed by atoms with Gasteiger partial charge in [0.15, 0.2) is 0 Å². The van der Waals surface area contributed by atoms with Gasteiger partial charge in [0.25, 0.3) is 0 Å². The predicted molar refractivity (Wildman–Crippen MR) is 138 cm³/mol. The Morgan fingerprint density at radius 2 is 1.94 bits per heavy atom. The number of para-hydroxylation sites is 2. The summed E-state index contributed by atoms with van der Waals surface area (Å²) in [7, 11) is 5.99. The van der Waals surface area contributed by atoms with Crippen LogP contribution in [0.4, 0.5) is 11.4 Å². The number of aliphatic imine (C=N–C) groups is 1. The van der Waals surface area contributed by atoms with Gasteiger partial charge in [0.2, 0.25) is 5.56 Å². The van der Waals surface area contributed by atoms with E-state index >= 15 is 0 Å². The van der Waals surface area contributed by atoms with E-state index in [2.05, 4.69) is 90.4 Å². The van der Waals surface area contributed by atoms with Crippen LogP contribution in [-0.2, 0) is 0 Å². The van der Waals surface area contributed by atoms with E-state index in [1.165, 1.54) is 16.8 Å². The highest BCUT2D eigenvalue weighted by Crippen LogP contribution is 2.39. The van der Waals surface area contributed by atoms with Gasteiger partial charge in [-0.1, -0.05) is 65.9 Å². The van der Waals surface area contributed by atoms with Crippen molar-refractivity contribution in [2.45, 2.75) is 12.5 Å². The molecule has 0 fully saturated rings. The van der Waals surface area contributed by atoms with Crippen molar-refractivity contribution in [1.82, 2.24) is 0 Å². The second-order valence-electron chi connectivity index (χ2n) is 7.42. The third-order valence-electron chi connectivity index (χ3n) is 5.05. The number of nitrogens with zero attached hydrogens (tertiary/aromatic N) is 3. The van der Waals surface area contributed by atoms with Crippen LogP contribution >= 0.6 is 11.8 Å². The van der Waals surface area contributed by atoms with Crippen molar-refractivity contribution in [2.75, 3.05) is 43.2 Å². The summed E-state index contributed by atoms with van der Waals surface area (Å²) in [5.41, 5.74) is 4.81. The third kappa shape index (κ3) is 6.53. The summed E-state index contributed by atoms with van der Waals surface area (Å²) >= 11 is 1.83. The summed E-state index contributed by atoms with van der Waals surface area (Å²) in [6, 6.07) is 16.9. The second kappa shape index (κ2) is 11.5. The van der Waals surface area contributed by atoms with Crippen LogP contribution in [0.2, 0.25) is 0 Å². The molecule has 0 aromatic heterocycles. The minimum atomic E-state index is 0.0405. The highest BCUT2D eigenvalue weighted by Gasteiger charge is 2.27. The molecule has 2 aromatic rings. The van der Waals surface area contributed by atoms with Gasteiger partial charge in [0.1, 0.15) is 5.75 Å². The largest absolute Gasteiger partial charge is 0.459 e. The van der Waals surface area contributed by atoms with Crippen LogP contribution in [0.15, 0.2) is 83.4 Å². The molecule has 4 nitrogen and oxygen atoms in total. The molecule has 0 amide bonds. The zero-order valence-corrected chi connectivity index (χ0v) is 19.5. The van der Waals surface area contributed by atoms with E-state index in [0.717, 1.165) is 23.7 Å². The number of anilines is 2. The number of fused-ring (bicyclic) bond motifs is 1. The third-order valence-corrected chi connectivity index (χ3v) is 6.17. The molecule has 0 spiro atoms. The predicted octanol–water partition coefficient (Wildman–Crippen LogP) is 5.88. The first-order chi connectivity index (χ1) is 15.1. The molecule has 31 heavy (non-hydrogen) atoms. The molecule has 162 valence electrons. The van der Waals surface area contributed by atoms with Crippen LogP contribution in [0.5, 0.6) is 5.75 Å². The minimum absolute atomic E-state index is 0.0405. The number of allylic oxidation sites excluding steroid dienone is 5. The van der Waals surface area contributed by atoms with Crippen molar-refractivity contribution in [3.63, 3.8) is 0 Å². The first-order valence-electron chi connectivity index (χ1n) is 10.4. The second-order valence-corrected chi connectivity index (χ2v) is 8.57. The van der Waals surface area contributed by atoms with E-state index in [-0.39, 0.29) is 5.56 Å². The number of ether oxygens (including phenoxy) is 1. The van der Waals surface area contributed by atoms with E-state index in [1.54, 1.807) is 13.3 Å². The fourth-order valence-corrected chi connectivity index (χ4v) is 4.27. The molecule has 0 saturated carbocycles. The van der Waals surface area contributed by atoms with Crippen LogP contribution in [0.25, 0.3) is 6.08 Å². The number of benzene rings is 2. The molecule has 1 unspecified atom stereocenters. The van der Waals surface area contributed by atoms with Crippen molar-refractivity contribution < 1.29 is 4.74 Å². The lowest BCUT2D eigenvalue weighted by Crippen LogP contribution is -2.29. The molecular formula is C26H31N3OS. The van der Waals surface area contributed by atoms with E-state index in [0.29, 0.717) is 0 Å². The Kier molecular flexibility index (Phi) is 8.42. The molecular weight excluding hydrogens is 402 g/mol. The molecule has 5 heteroatoms. The quantitative estimate of drug-likeness (QED) is 0.364. The number of rotatable bonds is 9. The van der Waals surface area contributed by atoms with Gasteiger partial charge >= 0.3 is 0 Å². The van der Waals surface area contributed by atoms with Crippen molar-refractivity contribution in [1.29, 1.82) is 0 Å². The lowest BCUT2D eigenvalue weighted by molar-refractivity contribution is 0.319. The Morgan fingerprint density at radius 3 is 2.68 bits per heavy atom. The molecule has 0 N–H and O–H groups in total. The Morgan fingerprint density at radius 1 is 1.16 bits per heavy atom. The molecule has 0 radical (unpaired) electrons. The molecule has 2 aromatic carbocycles. The van der Waals surface area contributed by atoms with E-state index in [4.69, 9.17) is 4.74 Å². The molecule has 1 aliphatic heterocycles. The Balaban J connectivity index is 1.46. The van der Waals surface area contributed by atoms with Crippen LogP contribution in [0, 0.1) is 0 Å². The van der Waals surface area contributed by atoms with E-state index < -0.39 is 0 Å².